The van der Waals surface area contributed by atoms with Gasteiger partial charge in [0.1, 0.15) is 0 Å². The van der Waals surface area contributed by atoms with E-state index in [4.69, 9.17) is 0 Å². The molecule has 0 spiro atoms. The smallest absolute Gasteiger partial charge is 0.222 e. The van der Waals surface area contributed by atoms with Crippen LogP contribution in [0.5, 0.6) is 0 Å². The second-order valence-corrected chi connectivity index (χ2v) is 6.54. The van der Waals surface area contributed by atoms with Gasteiger partial charge in [-0.25, -0.2) is 0 Å². The normalized spacial score (nSPS) is 18.8. The predicted molar refractivity (Wildman–Crippen MR) is 85.4 cm³/mol. The van der Waals surface area contributed by atoms with Crippen molar-refractivity contribution in [3.8, 4) is 0 Å². The number of carbonyl (C=O) groups excluding carboxylic acids is 1. The fraction of sp³-hybridized carbons (Fsp3) is 0.562. The Morgan fingerprint density at radius 1 is 1.40 bits per heavy atom. The van der Waals surface area contributed by atoms with E-state index in [1.54, 1.807) is 0 Å². The molecule has 1 aliphatic heterocycles. The molecule has 1 atom stereocenters. The van der Waals surface area contributed by atoms with E-state index in [1.807, 2.05) is 24.1 Å². The number of benzene rings is 1. The number of carbonyl (C=O) groups is 1. The van der Waals surface area contributed by atoms with E-state index in [-0.39, 0.29) is 5.91 Å². The van der Waals surface area contributed by atoms with Crippen LogP contribution < -0.4 is 5.32 Å². The van der Waals surface area contributed by atoms with E-state index in [2.05, 4.69) is 33.4 Å². The summed E-state index contributed by atoms with van der Waals surface area (Å²) in [7, 11) is 1.89. The van der Waals surface area contributed by atoms with Crippen LogP contribution in [0.1, 0.15) is 31.2 Å². The first-order valence-electron chi connectivity index (χ1n) is 7.34. The van der Waals surface area contributed by atoms with Crippen molar-refractivity contribution in [2.24, 2.45) is 5.92 Å². The summed E-state index contributed by atoms with van der Waals surface area (Å²) in [5.41, 5.74) is 1.17. The number of nitrogens with one attached hydrogen (secondary N) is 1. The van der Waals surface area contributed by atoms with Crippen LogP contribution in [0, 0.1) is 5.92 Å². The van der Waals surface area contributed by atoms with Crippen molar-refractivity contribution in [1.82, 2.24) is 10.2 Å². The van der Waals surface area contributed by atoms with E-state index in [0.29, 0.717) is 18.9 Å². The van der Waals surface area contributed by atoms with Crippen molar-refractivity contribution in [3.63, 3.8) is 0 Å². The lowest BCUT2D eigenvalue weighted by Crippen LogP contribution is -2.31. The predicted octanol–water partition coefficient (Wildman–Crippen LogP) is 3.19. The highest BCUT2D eigenvalue weighted by Crippen LogP contribution is 2.17. The third kappa shape index (κ3) is 4.91. The molecule has 1 N–H and O–H groups in total. The molecular formula is C16H23BrN2O. The SMILES string of the molecule is CN(Cc1ccc(Br)cc1)C(=O)CCC1CCCNC1. The van der Waals surface area contributed by atoms with Crippen molar-refractivity contribution in [1.29, 1.82) is 0 Å². The van der Waals surface area contributed by atoms with Crippen molar-refractivity contribution >= 4 is 21.8 Å². The maximum Gasteiger partial charge on any atom is 0.222 e. The van der Waals surface area contributed by atoms with Gasteiger partial charge < -0.3 is 10.2 Å². The lowest BCUT2D eigenvalue weighted by atomic mass is 9.94. The fourth-order valence-electron chi connectivity index (χ4n) is 2.64. The van der Waals surface area contributed by atoms with Gasteiger partial charge in [-0.2, -0.15) is 0 Å². The molecule has 1 heterocycles. The highest BCUT2D eigenvalue weighted by Gasteiger charge is 2.16. The first kappa shape index (κ1) is 15.5. The summed E-state index contributed by atoms with van der Waals surface area (Å²) in [6, 6.07) is 8.14. The Morgan fingerprint density at radius 3 is 2.80 bits per heavy atom. The molecule has 0 saturated carbocycles. The minimum absolute atomic E-state index is 0.249. The highest BCUT2D eigenvalue weighted by atomic mass is 79.9. The maximum absolute atomic E-state index is 12.2. The summed E-state index contributed by atoms with van der Waals surface area (Å²) >= 11 is 3.42. The van der Waals surface area contributed by atoms with E-state index >= 15 is 0 Å². The first-order valence-corrected chi connectivity index (χ1v) is 8.13. The monoisotopic (exact) mass is 338 g/mol. The van der Waals surface area contributed by atoms with Gasteiger partial charge in [-0.1, -0.05) is 28.1 Å². The molecule has 3 nitrogen and oxygen atoms in total. The van der Waals surface area contributed by atoms with Gasteiger partial charge in [0.25, 0.3) is 0 Å². The average molecular weight is 339 g/mol. The van der Waals surface area contributed by atoms with E-state index < -0.39 is 0 Å². The molecule has 20 heavy (non-hydrogen) atoms. The second-order valence-electron chi connectivity index (χ2n) is 5.63. The quantitative estimate of drug-likeness (QED) is 0.894. The van der Waals surface area contributed by atoms with Crippen molar-refractivity contribution in [2.75, 3.05) is 20.1 Å². The molecule has 1 amide bonds. The molecule has 1 unspecified atom stereocenters. The van der Waals surface area contributed by atoms with Gasteiger partial charge in [0.05, 0.1) is 0 Å². The lowest BCUT2D eigenvalue weighted by Gasteiger charge is -2.24. The van der Waals surface area contributed by atoms with Crippen LogP contribution in [0.3, 0.4) is 0 Å². The summed E-state index contributed by atoms with van der Waals surface area (Å²) in [6.07, 6.45) is 4.18. The zero-order valence-electron chi connectivity index (χ0n) is 12.1. The summed E-state index contributed by atoms with van der Waals surface area (Å²) in [6.45, 7) is 2.90. The van der Waals surface area contributed by atoms with Gasteiger partial charge >= 0.3 is 0 Å². The number of hydrogen-bond acceptors (Lipinski definition) is 2. The van der Waals surface area contributed by atoms with Gasteiger partial charge in [-0.3, -0.25) is 4.79 Å². The Morgan fingerprint density at radius 2 is 2.15 bits per heavy atom. The Hall–Kier alpha value is -0.870. The van der Waals surface area contributed by atoms with Gasteiger partial charge in [0.15, 0.2) is 0 Å². The number of amides is 1. The number of rotatable bonds is 5. The van der Waals surface area contributed by atoms with Gasteiger partial charge in [-0.05, 0) is 56.0 Å². The zero-order chi connectivity index (χ0) is 14.4. The molecule has 0 aromatic heterocycles. The largest absolute Gasteiger partial charge is 0.341 e. The molecular weight excluding hydrogens is 316 g/mol. The summed E-state index contributed by atoms with van der Waals surface area (Å²) in [4.78, 5) is 14.0. The molecule has 2 rings (SSSR count). The summed E-state index contributed by atoms with van der Waals surface area (Å²) in [5, 5.41) is 3.40. The van der Waals surface area contributed by atoms with Crippen LogP contribution in [0.2, 0.25) is 0 Å². The molecule has 1 aliphatic rings. The molecule has 1 aromatic carbocycles. The number of halogens is 1. The van der Waals surface area contributed by atoms with Gasteiger partial charge in [0.2, 0.25) is 5.91 Å². The molecule has 1 saturated heterocycles. The van der Waals surface area contributed by atoms with E-state index in [9.17, 15) is 4.79 Å². The van der Waals surface area contributed by atoms with Gasteiger partial charge in [0, 0.05) is 24.5 Å². The highest BCUT2D eigenvalue weighted by molar-refractivity contribution is 9.10. The fourth-order valence-corrected chi connectivity index (χ4v) is 2.91. The van der Waals surface area contributed by atoms with E-state index in [0.717, 1.165) is 24.0 Å². The molecule has 110 valence electrons. The molecule has 4 heteroatoms. The maximum atomic E-state index is 12.2. The third-order valence-electron chi connectivity index (χ3n) is 3.92. The lowest BCUT2D eigenvalue weighted by molar-refractivity contribution is -0.130. The zero-order valence-corrected chi connectivity index (χ0v) is 13.7. The number of piperidine rings is 1. The Kier molecular flexibility index (Phi) is 6.05. The number of nitrogens with zero attached hydrogens (tertiary/aromatic N) is 1. The van der Waals surface area contributed by atoms with Crippen molar-refractivity contribution < 1.29 is 4.79 Å². The van der Waals surface area contributed by atoms with Crippen LogP contribution in [-0.4, -0.2) is 30.9 Å². The summed E-state index contributed by atoms with van der Waals surface area (Å²) < 4.78 is 1.07. The minimum Gasteiger partial charge on any atom is -0.341 e. The van der Waals surface area contributed by atoms with Crippen molar-refractivity contribution in [3.05, 3.63) is 34.3 Å². The van der Waals surface area contributed by atoms with Crippen LogP contribution in [0.4, 0.5) is 0 Å². The Bertz CT molecular complexity index is 427. The number of hydrogen-bond donors (Lipinski definition) is 1. The van der Waals surface area contributed by atoms with Crippen LogP contribution in [0.15, 0.2) is 28.7 Å². The Labute approximate surface area is 129 Å². The standard InChI is InChI=1S/C16H23BrN2O/c1-19(12-14-4-7-15(17)8-5-14)16(20)9-6-13-3-2-10-18-11-13/h4-5,7-8,13,18H,2-3,6,9-12H2,1H3. The molecule has 1 aromatic rings. The minimum atomic E-state index is 0.249. The van der Waals surface area contributed by atoms with Crippen LogP contribution >= 0.6 is 15.9 Å². The molecule has 0 bridgehead atoms. The molecule has 1 fully saturated rings. The van der Waals surface area contributed by atoms with Crippen LogP contribution in [0.25, 0.3) is 0 Å². The van der Waals surface area contributed by atoms with E-state index in [1.165, 1.54) is 18.4 Å². The first-order chi connectivity index (χ1) is 9.65. The second kappa shape index (κ2) is 7.79. The molecule has 0 aliphatic carbocycles. The van der Waals surface area contributed by atoms with Crippen molar-refractivity contribution in [2.45, 2.75) is 32.2 Å². The topological polar surface area (TPSA) is 32.3 Å². The average Bonchev–Trinajstić information content (AvgIpc) is 2.48. The Balaban J connectivity index is 1.75. The van der Waals surface area contributed by atoms with Gasteiger partial charge in [-0.15, -0.1) is 0 Å². The third-order valence-corrected chi connectivity index (χ3v) is 4.45. The van der Waals surface area contributed by atoms with Crippen LogP contribution in [-0.2, 0) is 11.3 Å². The summed E-state index contributed by atoms with van der Waals surface area (Å²) in [5.74, 6) is 0.923. The molecule has 0 radical (unpaired) electrons.